The molecule has 0 saturated heterocycles. The topological polar surface area (TPSA) is 114 Å². The molecule has 36 heavy (non-hydrogen) atoms. The van der Waals surface area contributed by atoms with E-state index in [2.05, 4.69) is 20.1 Å². The number of esters is 1. The first kappa shape index (κ1) is 23.0. The summed E-state index contributed by atoms with van der Waals surface area (Å²) in [4.78, 5) is 35.9. The Kier molecular flexibility index (Phi) is 6.32. The van der Waals surface area contributed by atoms with E-state index in [1.165, 1.54) is 6.92 Å². The minimum Gasteiger partial charge on any atom is -0.456 e. The predicted molar refractivity (Wildman–Crippen MR) is 133 cm³/mol. The van der Waals surface area contributed by atoms with Crippen LogP contribution in [0.1, 0.15) is 50.3 Å². The summed E-state index contributed by atoms with van der Waals surface area (Å²) in [5, 5.41) is 4.09. The summed E-state index contributed by atoms with van der Waals surface area (Å²) in [5.74, 6) is 0.242. The molecule has 0 spiro atoms. The lowest BCUT2D eigenvalue weighted by Gasteiger charge is -2.04. The molecule has 0 unspecified atom stereocenters. The summed E-state index contributed by atoms with van der Waals surface area (Å²) in [6.45, 7) is 3.56. The van der Waals surface area contributed by atoms with Gasteiger partial charge in [0.25, 0.3) is 5.89 Å². The maximum Gasteiger partial charge on any atom is 0.355 e. The molecule has 8 nitrogen and oxygen atoms in total. The number of rotatable bonds is 8. The largest absolute Gasteiger partial charge is 0.456 e. The highest BCUT2D eigenvalue weighted by Gasteiger charge is 2.23. The van der Waals surface area contributed by atoms with Crippen molar-refractivity contribution in [2.75, 3.05) is 0 Å². The number of nitrogens with one attached hydrogen (secondary N) is 2. The highest BCUT2D eigenvalue weighted by atomic mass is 16.5. The van der Waals surface area contributed by atoms with Gasteiger partial charge in [-0.05, 0) is 37.1 Å². The third kappa shape index (κ3) is 4.74. The first-order chi connectivity index (χ1) is 17.5. The zero-order chi connectivity index (χ0) is 25.1. The molecular weight excluding hydrogens is 456 g/mol. The average molecular weight is 481 g/mol. The van der Waals surface area contributed by atoms with Gasteiger partial charge in [0, 0.05) is 28.9 Å². The molecule has 0 aliphatic rings. The van der Waals surface area contributed by atoms with Gasteiger partial charge in [0.2, 0.25) is 5.82 Å². The SMILES string of the molecule is CC(=O)c1c(Cc2ccc(C(=O)OCc3ccccc3)[nH]2)[nH]c(-c2nc(-c3ccccc3)no2)c1C. The Labute approximate surface area is 207 Å². The van der Waals surface area contributed by atoms with E-state index in [-0.39, 0.29) is 12.4 Å². The van der Waals surface area contributed by atoms with Crippen molar-refractivity contribution in [3.05, 3.63) is 107 Å². The molecule has 5 rings (SSSR count). The zero-order valence-corrected chi connectivity index (χ0v) is 19.9. The number of hydrogen-bond donors (Lipinski definition) is 2. The Morgan fingerprint density at radius 3 is 2.39 bits per heavy atom. The smallest absolute Gasteiger partial charge is 0.355 e. The van der Waals surface area contributed by atoms with E-state index in [0.29, 0.717) is 40.8 Å². The molecule has 2 aromatic carbocycles. The molecule has 0 bridgehead atoms. The van der Waals surface area contributed by atoms with Gasteiger partial charge in [-0.2, -0.15) is 4.98 Å². The standard InChI is InChI=1S/C28H24N4O4/c1-17-24(18(2)33)23(30-25(17)27-31-26(32-36-27)20-11-7-4-8-12-20)15-21-13-14-22(29-21)28(34)35-16-19-9-5-3-6-10-19/h3-14,29-30H,15-16H2,1-2H3. The molecule has 0 aliphatic carbocycles. The van der Waals surface area contributed by atoms with Gasteiger partial charge in [-0.3, -0.25) is 4.79 Å². The number of Topliss-reactive ketones (excluding diaryl/α,β-unsaturated/α-hetero) is 1. The van der Waals surface area contributed by atoms with Crippen molar-refractivity contribution < 1.29 is 18.8 Å². The highest BCUT2D eigenvalue weighted by Crippen LogP contribution is 2.30. The quantitative estimate of drug-likeness (QED) is 0.223. The van der Waals surface area contributed by atoms with Gasteiger partial charge in [0.15, 0.2) is 5.78 Å². The van der Waals surface area contributed by atoms with E-state index in [1.54, 1.807) is 12.1 Å². The number of carbonyl (C=O) groups is 2. The molecule has 3 heterocycles. The molecule has 2 N–H and O–H groups in total. The zero-order valence-electron chi connectivity index (χ0n) is 19.9. The highest BCUT2D eigenvalue weighted by molar-refractivity contribution is 5.98. The molecule has 0 saturated carbocycles. The van der Waals surface area contributed by atoms with E-state index < -0.39 is 5.97 Å². The minimum atomic E-state index is -0.445. The number of ether oxygens (including phenoxy) is 1. The van der Waals surface area contributed by atoms with Gasteiger partial charge in [0.1, 0.15) is 18.0 Å². The van der Waals surface area contributed by atoms with Gasteiger partial charge >= 0.3 is 5.97 Å². The number of aromatic nitrogens is 4. The number of benzene rings is 2. The summed E-state index contributed by atoms with van der Waals surface area (Å²) in [6.07, 6.45) is 0.376. The second kappa shape index (κ2) is 9.87. The van der Waals surface area contributed by atoms with Crippen molar-refractivity contribution in [3.8, 4) is 23.0 Å². The Balaban J connectivity index is 1.36. The second-order valence-corrected chi connectivity index (χ2v) is 8.46. The van der Waals surface area contributed by atoms with Gasteiger partial charge in [-0.25, -0.2) is 4.79 Å². The van der Waals surface area contributed by atoms with Crippen LogP contribution in [0, 0.1) is 6.92 Å². The summed E-state index contributed by atoms with van der Waals surface area (Å²) >= 11 is 0. The molecule has 3 aromatic heterocycles. The minimum absolute atomic E-state index is 0.0816. The first-order valence-corrected chi connectivity index (χ1v) is 11.5. The van der Waals surface area contributed by atoms with E-state index in [0.717, 1.165) is 22.4 Å². The van der Waals surface area contributed by atoms with Crippen molar-refractivity contribution in [3.63, 3.8) is 0 Å². The number of ketones is 1. The lowest BCUT2D eigenvalue weighted by Crippen LogP contribution is -2.06. The van der Waals surface area contributed by atoms with E-state index in [4.69, 9.17) is 9.26 Å². The Bertz CT molecular complexity index is 1510. The number of hydrogen-bond acceptors (Lipinski definition) is 6. The number of H-pyrrole nitrogens is 2. The van der Waals surface area contributed by atoms with Crippen LogP contribution in [0.25, 0.3) is 23.0 Å². The van der Waals surface area contributed by atoms with E-state index >= 15 is 0 Å². The molecule has 0 fully saturated rings. The van der Waals surface area contributed by atoms with Gasteiger partial charge in [-0.1, -0.05) is 65.8 Å². The fraction of sp³-hybridized carbons (Fsp3) is 0.143. The monoisotopic (exact) mass is 480 g/mol. The third-order valence-corrected chi connectivity index (χ3v) is 5.90. The molecule has 8 heteroatoms. The van der Waals surface area contributed by atoms with Crippen LogP contribution in [-0.2, 0) is 17.8 Å². The third-order valence-electron chi connectivity index (χ3n) is 5.90. The van der Waals surface area contributed by atoms with Gasteiger partial charge in [0.05, 0.1) is 0 Å². The normalized spacial score (nSPS) is 10.9. The van der Waals surface area contributed by atoms with E-state index in [9.17, 15) is 9.59 Å². The van der Waals surface area contributed by atoms with Crippen LogP contribution in [0.3, 0.4) is 0 Å². The van der Waals surface area contributed by atoms with Crippen molar-refractivity contribution in [1.82, 2.24) is 20.1 Å². The van der Waals surface area contributed by atoms with Crippen LogP contribution < -0.4 is 0 Å². The van der Waals surface area contributed by atoms with Crippen molar-refractivity contribution in [2.45, 2.75) is 26.9 Å². The lowest BCUT2D eigenvalue weighted by atomic mass is 10.0. The Morgan fingerprint density at radius 2 is 1.67 bits per heavy atom. The number of nitrogens with zero attached hydrogens (tertiary/aromatic N) is 2. The number of aromatic amines is 2. The fourth-order valence-corrected chi connectivity index (χ4v) is 4.16. The average Bonchev–Trinajstić information content (AvgIpc) is 3.63. The molecule has 5 aromatic rings. The summed E-state index contributed by atoms with van der Waals surface area (Å²) in [6, 6.07) is 22.5. The summed E-state index contributed by atoms with van der Waals surface area (Å²) in [5.41, 5.74) is 5.43. The Hall–Kier alpha value is -4.72. The van der Waals surface area contributed by atoms with Crippen molar-refractivity contribution in [1.29, 1.82) is 0 Å². The van der Waals surface area contributed by atoms with Crippen LogP contribution in [0.15, 0.2) is 77.3 Å². The van der Waals surface area contributed by atoms with E-state index in [1.807, 2.05) is 67.6 Å². The first-order valence-electron chi connectivity index (χ1n) is 11.5. The van der Waals surface area contributed by atoms with Crippen molar-refractivity contribution in [2.24, 2.45) is 0 Å². The fourth-order valence-electron chi connectivity index (χ4n) is 4.16. The Morgan fingerprint density at radius 1 is 0.944 bits per heavy atom. The van der Waals surface area contributed by atoms with Crippen LogP contribution in [0.2, 0.25) is 0 Å². The molecule has 0 radical (unpaired) electrons. The maximum atomic E-state index is 12.5. The van der Waals surface area contributed by atoms with Gasteiger partial charge < -0.3 is 19.2 Å². The van der Waals surface area contributed by atoms with Crippen molar-refractivity contribution >= 4 is 11.8 Å². The van der Waals surface area contributed by atoms with Gasteiger partial charge in [-0.15, -0.1) is 0 Å². The lowest BCUT2D eigenvalue weighted by molar-refractivity contribution is 0.0466. The van der Waals surface area contributed by atoms with Crippen LogP contribution in [0.5, 0.6) is 0 Å². The molecule has 180 valence electrons. The van der Waals surface area contributed by atoms with Crippen LogP contribution >= 0.6 is 0 Å². The second-order valence-electron chi connectivity index (χ2n) is 8.46. The van der Waals surface area contributed by atoms with Crippen LogP contribution in [-0.4, -0.2) is 31.9 Å². The molecule has 0 aliphatic heterocycles. The molecular formula is C28H24N4O4. The summed E-state index contributed by atoms with van der Waals surface area (Å²) < 4.78 is 10.9. The van der Waals surface area contributed by atoms with Crippen LogP contribution in [0.4, 0.5) is 0 Å². The molecule has 0 atom stereocenters. The summed E-state index contributed by atoms with van der Waals surface area (Å²) in [7, 11) is 0. The maximum absolute atomic E-state index is 12.5. The predicted octanol–water partition coefficient (Wildman–Crippen LogP) is 5.52. The molecule has 0 amide bonds. The number of carbonyl (C=O) groups excluding carboxylic acids is 2.